The minimum absolute atomic E-state index is 0.0454. The van der Waals surface area contributed by atoms with Crippen molar-refractivity contribution in [3.8, 4) is 0 Å². The van der Waals surface area contributed by atoms with Crippen LogP contribution in [-0.2, 0) is 6.42 Å². The molecule has 0 saturated heterocycles. The van der Waals surface area contributed by atoms with Crippen LogP contribution in [0.25, 0.3) is 0 Å². The summed E-state index contributed by atoms with van der Waals surface area (Å²) in [4.78, 5) is 16.5. The van der Waals surface area contributed by atoms with Gasteiger partial charge in [-0.2, -0.15) is 9.78 Å². The van der Waals surface area contributed by atoms with E-state index in [9.17, 15) is 4.79 Å². The molecule has 1 aliphatic rings. The third-order valence-electron chi connectivity index (χ3n) is 3.26. The average Bonchev–Trinajstić information content (AvgIpc) is 2.76. The van der Waals surface area contributed by atoms with Crippen LogP contribution in [0.4, 0.5) is 0 Å². The van der Waals surface area contributed by atoms with E-state index in [4.69, 9.17) is 0 Å². The van der Waals surface area contributed by atoms with E-state index in [1.165, 1.54) is 11.0 Å². The first-order chi connectivity index (χ1) is 8.56. The first-order valence-electron chi connectivity index (χ1n) is 6.41. The van der Waals surface area contributed by atoms with Crippen molar-refractivity contribution in [3.63, 3.8) is 0 Å². The van der Waals surface area contributed by atoms with Crippen LogP contribution in [0.1, 0.15) is 44.2 Å². The van der Waals surface area contributed by atoms with E-state index in [2.05, 4.69) is 23.6 Å². The van der Waals surface area contributed by atoms with Crippen molar-refractivity contribution >= 4 is 5.91 Å². The van der Waals surface area contributed by atoms with Gasteiger partial charge in [-0.3, -0.25) is 4.79 Å². The molecule has 1 aromatic rings. The molecule has 0 aliphatic carbocycles. The molecule has 1 aliphatic heterocycles. The molecule has 18 heavy (non-hydrogen) atoms. The van der Waals surface area contributed by atoms with Gasteiger partial charge in [0.05, 0.1) is 0 Å². The summed E-state index contributed by atoms with van der Waals surface area (Å²) in [5.41, 5.74) is 2.97. The van der Waals surface area contributed by atoms with E-state index in [0.29, 0.717) is 6.42 Å². The maximum Gasteiger partial charge on any atom is 0.276 e. The van der Waals surface area contributed by atoms with Crippen LogP contribution in [0.2, 0.25) is 0 Å². The summed E-state index contributed by atoms with van der Waals surface area (Å²) in [6.07, 6.45) is 4.07. The molecule has 0 amide bonds. The lowest BCUT2D eigenvalue weighted by atomic mass is 9.87. The highest BCUT2D eigenvalue weighted by molar-refractivity contribution is 5.98. The van der Waals surface area contributed by atoms with Gasteiger partial charge in [0.25, 0.3) is 5.91 Å². The van der Waals surface area contributed by atoms with Crippen molar-refractivity contribution in [3.05, 3.63) is 35.4 Å². The molecule has 4 nitrogen and oxygen atoms in total. The predicted octanol–water partition coefficient (Wildman–Crippen LogP) is 2.78. The van der Waals surface area contributed by atoms with Gasteiger partial charge in [0.2, 0.25) is 0 Å². The second kappa shape index (κ2) is 4.88. The van der Waals surface area contributed by atoms with E-state index < -0.39 is 0 Å². The minimum Gasteiger partial charge on any atom is -0.267 e. The Morgan fingerprint density at radius 3 is 2.89 bits per heavy atom. The Hall–Kier alpha value is -1.71. The zero-order valence-corrected chi connectivity index (χ0v) is 11.2. The number of carbonyl (C=O) groups is 1. The molecule has 0 radical (unpaired) electrons. The summed E-state index contributed by atoms with van der Waals surface area (Å²) in [6.45, 7) is 10.3. The van der Waals surface area contributed by atoms with Crippen molar-refractivity contribution in [1.82, 2.24) is 14.8 Å². The highest BCUT2D eigenvalue weighted by Gasteiger charge is 2.29. The topological polar surface area (TPSA) is 47.8 Å². The van der Waals surface area contributed by atoms with Gasteiger partial charge in [0, 0.05) is 12.0 Å². The van der Waals surface area contributed by atoms with E-state index >= 15 is 0 Å². The molecule has 0 spiro atoms. The lowest BCUT2D eigenvalue weighted by molar-refractivity contribution is 0.0919. The predicted molar refractivity (Wildman–Crippen MR) is 70.3 cm³/mol. The highest BCUT2D eigenvalue weighted by Crippen LogP contribution is 2.30. The molecular formula is C14H19N3O. The lowest BCUT2D eigenvalue weighted by Gasteiger charge is -2.23. The van der Waals surface area contributed by atoms with E-state index in [1.54, 1.807) is 0 Å². The zero-order chi connectivity index (χ0) is 13.3. The molecule has 0 fully saturated rings. The molecule has 0 bridgehead atoms. The Balaban J connectivity index is 2.48. The monoisotopic (exact) mass is 245 g/mol. The van der Waals surface area contributed by atoms with Gasteiger partial charge >= 0.3 is 0 Å². The van der Waals surface area contributed by atoms with Gasteiger partial charge in [-0.25, -0.2) is 4.98 Å². The van der Waals surface area contributed by atoms with Crippen LogP contribution in [0.15, 0.2) is 29.6 Å². The fraction of sp³-hybridized carbons (Fsp3) is 0.500. The molecule has 0 unspecified atom stereocenters. The Morgan fingerprint density at radius 1 is 1.56 bits per heavy atom. The number of rotatable bonds is 4. The summed E-state index contributed by atoms with van der Waals surface area (Å²) in [6, 6.07) is 0. The zero-order valence-electron chi connectivity index (χ0n) is 11.2. The van der Waals surface area contributed by atoms with Crippen LogP contribution >= 0.6 is 0 Å². The van der Waals surface area contributed by atoms with E-state index in [1.807, 2.05) is 13.8 Å². The highest BCUT2D eigenvalue weighted by atomic mass is 16.2. The van der Waals surface area contributed by atoms with Crippen LogP contribution in [-0.4, -0.2) is 20.7 Å². The van der Waals surface area contributed by atoms with E-state index in [0.717, 1.165) is 35.4 Å². The molecule has 0 N–H and O–H groups in total. The second-order valence-electron chi connectivity index (χ2n) is 4.97. The molecule has 0 aromatic carbocycles. The van der Waals surface area contributed by atoms with Crippen LogP contribution < -0.4 is 0 Å². The average molecular weight is 245 g/mol. The Morgan fingerprint density at radius 2 is 2.28 bits per heavy atom. The van der Waals surface area contributed by atoms with Crippen molar-refractivity contribution in [1.29, 1.82) is 0 Å². The number of fused-ring (bicyclic) bond motifs is 1. The quantitative estimate of drug-likeness (QED) is 0.819. The number of hydrogen-bond acceptors (Lipinski definition) is 3. The molecule has 2 rings (SSSR count). The summed E-state index contributed by atoms with van der Waals surface area (Å²) in [5, 5.41) is 4.00. The van der Waals surface area contributed by atoms with Crippen molar-refractivity contribution in [2.24, 2.45) is 5.92 Å². The maximum absolute atomic E-state index is 12.4. The van der Waals surface area contributed by atoms with Gasteiger partial charge in [-0.15, -0.1) is 0 Å². The van der Waals surface area contributed by atoms with Gasteiger partial charge in [-0.05, 0) is 17.9 Å². The summed E-state index contributed by atoms with van der Waals surface area (Å²) in [5.74, 6) is 0.853. The summed E-state index contributed by atoms with van der Waals surface area (Å²) in [7, 11) is 0. The molecule has 0 atom stereocenters. The first kappa shape index (κ1) is 12.7. The van der Waals surface area contributed by atoms with Crippen LogP contribution in [0.5, 0.6) is 0 Å². The Kier molecular flexibility index (Phi) is 3.45. The molecule has 2 heterocycles. The normalized spacial score (nSPS) is 15.2. The van der Waals surface area contributed by atoms with Crippen molar-refractivity contribution in [2.45, 2.75) is 40.0 Å². The molecule has 96 valence electrons. The van der Waals surface area contributed by atoms with Gasteiger partial charge in [0.1, 0.15) is 12.2 Å². The van der Waals surface area contributed by atoms with E-state index in [-0.39, 0.29) is 11.8 Å². The molecule has 1 aromatic heterocycles. The second-order valence-corrected chi connectivity index (χ2v) is 4.97. The Bertz CT molecular complexity index is 523. The standard InChI is InChI=1S/C14H19N3O/c1-5-6-10(4)11-7-12-15-8-16-17(12)14(18)13(11)9(2)3/h8-9H,4-7H2,1-3H3. The van der Waals surface area contributed by atoms with Crippen LogP contribution in [0, 0.1) is 5.92 Å². The number of nitrogens with zero attached hydrogens (tertiary/aromatic N) is 3. The van der Waals surface area contributed by atoms with Crippen molar-refractivity contribution < 1.29 is 4.79 Å². The Labute approximate surface area is 107 Å². The summed E-state index contributed by atoms with van der Waals surface area (Å²) >= 11 is 0. The smallest absolute Gasteiger partial charge is 0.267 e. The third kappa shape index (κ3) is 2.03. The van der Waals surface area contributed by atoms with Gasteiger partial charge < -0.3 is 0 Å². The fourth-order valence-electron chi connectivity index (χ4n) is 2.42. The lowest BCUT2D eigenvalue weighted by Crippen LogP contribution is -2.28. The van der Waals surface area contributed by atoms with Gasteiger partial charge in [-0.1, -0.05) is 39.3 Å². The first-order valence-corrected chi connectivity index (χ1v) is 6.41. The minimum atomic E-state index is -0.0454. The number of aromatic nitrogens is 3. The maximum atomic E-state index is 12.4. The number of carbonyl (C=O) groups excluding carboxylic acids is 1. The number of hydrogen-bond donors (Lipinski definition) is 0. The SMILES string of the molecule is C=C(CCC)C1=C(C(C)C)C(=O)n2ncnc2C1. The van der Waals surface area contributed by atoms with Gasteiger partial charge in [0.15, 0.2) is 0 Å². The summed E-state index contributed by atoms with van der Waals surface area (Å²) < 4.78 is 1.41. The number of allylic oxidation sites excluding steroid dienone is 3. The largest absolute Gasteiger partial charge is 0.276 e. The third-order valence-corrected chi connectivity index (χ3v) is 3.26. The van der Waals surface area contributed by atoms with Crippen LogP contribution in [0.3, 0.4) is 0 Å². The molecule has 4 heteroatoms. The molecular weight excluding hydrogens is 226 g/mol. The fourth-order valence-corrected chi connectivity index (χ4v) is 2.42. The molecule has 0 saturated carbocycles. The van der Waals surface area contributed by atoms with Crippen molar-refractivity contribution in [2.75, 3.05) is 0 Å².